The maximum absolute atomic E-state index is 13.0. The largest absolute Gasteiger partial charge is 0.388 e. The highest BCUT2D eigenvalue weighted by Gasteiger charge is 2.29. The van der Waals surface area contributed by atoms with Crippen LogP contribution in [0.15, 0.2) is 35.7 Å². The molecule has 0 spiro atoms. The zero-order chi connectivity index (χ0) is 17.1. The van der Waals surface area contributed by atoms with Crippen molar-refractivity contribution < 1.29 is 14.3 Å². The molecule has 1 unspecified atom stereocenters. The van der Waals surface area contributed by atoms with Crippen molar-refractivity contribution >= 4 is 17.2 Å². The summed E-state index contributed by atoms with van der Waals surface area (Å²) in [5, 5.41) is 12.5. The van der Waals surface area contributed by atoms with E-state index in [1.165, 1.54) is 23.5 Å². The quantitative estimate of drug-likeness (QED) is 0.907. The molecular formula is C19H22FNO2S. The number of hydrogen-bond acceptors (Lipinski definition) is 3. The van der Waals surface area contributed by atoms with E-state index in [1.54, 1.807) is 12.1 Å². The van der Waals surface area contributed by atoms with Crippen molar-refractivity contribution in [2.75, 3.05) is 13.1 Å². The molecule has 128 valence electrons. The van der Waals surface area contributed by atoms with E-state index in [2.05, 4.69) is 6.92 Å². The van der Waals surface area contributed by atoms with Crippen molar-refractivity contribution in [3.8, 4) is 0 Å². The number of likely N-dealkylation sites (tertiary alicyclic amines) is 1. The molecule has 5 heteroatoms. The predicted molar refractivity (Wildman–Crippen MR) is 93.7 cm³/mol. The van der Waals surface area contributed by atoms with Gasteiger partial charge in [-0.05, 0) is 59.9 Å². The average molecular weight is 347 g/mol. The van der Waals surface area contributed by atoms with Crippen LogP contribution in [0.25, 0.3) is 0 Å². The molecule has 24 heavy (non-hydrogen) atoms. The number of aliphatic hydroxyl groups is 1. The SMILES string of the molecule is CCc1ccsc1C(=O)N1CCC(C(O)c2ccc(F)cc2)CC1. The Kier molecular flexibility index (Phi) is 5.31. The molecular weight excluding hydrogens is 325 g/mol. The maximum atomic E-state index is 13.0. The van der Waals surface area contributed by atoms with Crippen LogP contribution >= 0.6 is 11.3 Å². The summed E-state index contributed by atoms with van der Waals surface area (Å²) >= 11 is 1.51. The van der Waals surface area contributed by atoms with Gasteiger partial charge in [0.05, 0.1) is 11.0 Å². The number of carbonyl (C=O) groups excluding carboxylic acids is 1. The Hall–Kier alpha value is -1.72. The fourth-order valence-corrected chi connectivity index (χ4v) is 4.26. The summed E-state index contributed by atoms with van der Waals surface area (Å²) in [7, 11) is 0. The molecule has 1 fully saturated rings. The van der Waals surface area contributed by atoms with Crippen molar-refractivity contribution in [3.63, 3.8) is 0 Å². The molecule has 1 atom stereocenters. The summed E-state index contributed by atoms with van der Waals surface area (Å²) in [6, 6.07) is 8.04. The molecule has 0 saturated carbocycles. The molecule has 0 aliphatic carbocycles. The third kappa shape index (κ3) is 3.52. The minimum atomic E-state index is -0.601. The minimum Gasteiger partial charge on any atom is -0.388 e. The Morgan fingerprint density at radius 2 is 1.96 bits per heavy atom. The zero-order valence-electron chi connectivity index (χ0n) is 13.7. The fraction of sp³-hybridized carbons (Fsp3) is 0.421. The van der Waals surface area contributed by atoms with E-state index in [0.29, 0.717) is 13.1 Å². The summed E-state index contributed by atoms with van der Waals surface area (Å²) < 4.78 is 13.0. The summed E-state index contributed by atoms with van der Waals surface area (Å²) in [6.07, 6.45) is 1.79. The highest BCUT2D eigenvalue weighted by molar-refractivity contribution is 7.12. The molecule has 1 saturated heterocycles. The van der Waals surface area contributed by atoms with Crippen molar-refractivity contribution in [2.45, 2.75) is 32.3 Å². The first kappa shape index (κ1) is 17.1. The van der Waals surface area contributed by atoms with Gasteiger partial charge in [-0.2, -0.15) is 0 Å². The van der Waals surface area contributed by atoms with Gasteiger partial charge in [-0.15, -0.1) is 11.3 Å². The van der Waals surface area contributed by atoms with Gasteiger partial charge in [-0.1, -0.05) is 19.1 Å². The number of halogens is 1. The topological polar surface area (TPSA) is 40.5 Å². The number of nitrogens with zero attached hydrogens (tertiary/aromatic N) is 1. The number of aliphatic hydroxyl groups excluding tert-OH is 1. The number of carbonyl (C=O) groups is 1. The molecule has 1 amide bonds. The lowest BCUT2D eigenvalue weighted by Crippen LogP contribution is -2.39. The van der Waals surface area contributed by atoms with Crippen LogP contribution in [0, 0.1) is 11.7 Å². The van der Waals surface area contributed by atoms with Crippen molar-refractivity contribution in [1.29, 1.82) is 0 Å². The number of rotatable bonds is 4. The summed E-state index contributed by atoms with van der Waals surface area (Å²) in [4.78, 5) is 15.4. The third-order valence-electron chi connectivity index (χ3n) is 4.81. The van der Waals surface area contributed by atoms with Gasteiger partial charge < -0.3 is 10.0 Å². The normalized spacial score (nSPS) is 17.0. The van der Waals surface area contributed by atoms with E-state index in [9.17, 15) is 14.3 Å². The highest BCUT2D eigenvalue weighted by atomic mass is 32.1. The number of amides is 1. The molecule has 1 aromatic carbocycles. The van der Waals surface area contributed by atoms with Crippen LogP contribution in [0.4, 0.5) is 4.39 Å². The van der Waals surface area contributed by atoms with Crippen LogP contribution in [-0.4, -0.2) is 29.0 Å². The van der Waals surface area contributed by atoms with Gasteiger partial charge in [0, 0.05) is 13.1 Å². The van der Waals surface area contributed by atoms with Gasteiger partial charge in [0.25, 0.3) is 5.91 Å². The molecule has 1 aliphatic rings. The Morgan fingerprint density at radius 1 is 1.29 bits per heavy atom. The van der Waals surface area contributed by atoms with E-state index in [4.69, 9.17) is 0 Å². The second-order valence-electron chi connectivity index (χ2n) is 6.25. The van der Waals surface area contributed by atoms with E-state index in [0.717, 1.165) is 35.3 Å². The second kappa shape index (κ2) is 7.45. The lowest BCUT2D eigenvalue weighted by atomic mass is 9.87. The van der Waals surface area contributed by atoms with Gasteiger partial charge in [-0.25, -0.2) is 4.39 Å². The van der Waals surface area contributed by atoms with Gasteiger partial charge >= 0.3 is 0 Å². The van der Waals surface area contributed by atoms with E-state index >= 15 is 0 Å². The van der Waals surface area contributed by atoms with Crippen LogP contribution in [0.3, 0.4) is 0 Å². The third-order valence-corrected chi connectivity index (χ3v) is 5.75. The van der Waals surface area contributed by atoms with Crippen LogP contribution in [0.2, 0.25) is 0 Å². The van der Waals surface area contributed by atoms with Gasteiger partial charge in [0.15, 0.2) is 0 Å². The molecule has 2 aromatic rings. The summed E-state index contributed by atoms with van der Waals surface area (Å²) in [5.74, 6) is -0.0842. The smallest absolute Gasteiger partial charge is 0.264 e. The monoisotopic (exact) mass is 347 g/mol. The van der Waals surface area contributed by atoms with E-state index < -0.39 is 6.10 Å². The molecule has 3 rings (SSSR count). The first-order valence-electron chi connectivity index (χ1n) is 8.39. The van der Waals surface area contributed by atoms with Gasteiger partial charge in [0.2, 0.25) is 0 Å². The number of hydrogen-bond donors (Lipinski definition) is 1. The average Bonchev–Trinajstić information content (AvgIpc) is 3.10. The van der Waals surface area contributed by atoms with E-state index in [1.807, 2.05) is 16.3 Å². The fourth-order valence-electron chi connectivity index (χ4n) is 3.30. The summed E-state index contributed by atoms with van der Waals surface area (Å²) in [6.45, 7) is 3.37. The lowest BCUT2D eigenvalue weighted by molar-refractivity contribution is 0.0464. The minimum absolute atomic E-state index is 0.105. The van der Waals surface area contributed by atoms with Crippen molar-refractivity contribution in [2.24, 2.45) is 5.92 Å². The Bertz CT molecular complexity index is 690. The van der Waals surface area contributed by atoms with Crippen LogP contribution in [0.1, 0.15) is 46.7 Å². The molecule has 1 aliphatic heterocycles. The van der Waals surface area contributed by atoms with Gasteiger partial charge in [-0.3, -0.25) is 4.79 Å². The Balaban J connectivity index is 1.61. The molecule has 1 N–H and O–H groups in total. The Labute approximate surface area is 145 Å². The number of aryl methyl sites for hydroxylation is 1. The van der Waals surface area contributed by atoms with Crippen LogP contribution in [0.5, 0.6) is 0 Å². The maximum Gasteiger partial charge on any atom is 0.264 e. The zero-order valence-corrected chi connectivity index (χ0v) is 14.6. The first-order valence-corrected chi connectivity index (χ1v) is 9.27. The van der Waals surface area contributed by atoms with Crippen LogP contribution in [-0.2, 0) is 6.42 Å². The highest BCUT2D eigenvalue weighted by Crippen LogP contribution is 2.32. The standard InChI is InChI=1S/C19H22FNO2S/c1-2-13-9-12-24-18(13)19(23)21-10-7-15(8-11-21)17(22)14-3-5-16(20)6-4-14/h3-6,9,12,15,17,22H,2,7-8,10-11H2,1H3. The summed E-state index contributed by atoms with van der Waals surface area (Å²) in [5.41, 5.74) is 1.85. The Morgan fingerprint density at radius 3 is 2.58 bits per heavy atom. The molecule has 1 aromatic heterocycles. The number of benzene rings is 1. The van der Waals surface area contributed by atoms with E-state index in [-0.39, 0.29) is 17.6 Å². The predicted octanol–water partition coefficient (Wildman–Crippen LogP) is 4.04. The molecule has 0 radical (unpaired) electrons. The number of piperidine rings is 1. The van der Waals surface area contributed by atoms with Crippen molar-refractivity contribution in [1.82, 2.24) is 4.90 Å². The van der Waals surface area contributed by atoms with Gasteiger partial charge in [0.1, 0.15) is 5.82 Å². The first-order chi connectivity index (χ1) is 11.6. The molecule has 2 heterocycles. The molecule has 3 nitrogen and oxygen atoms in total. The molecule has 0 bridgehead atoms. The number of thiophene rings is 1. The van der Waals surface area contributed by atoms with Crippen LogP contribution < -0.4 is 0 Å². The van der Waals surface area contributed by atoms with Crippen molar-refractivity contribution in [3.05, 3.63) is 57.5 Å². The second-order valence-corrected chi connectivity index (χ2v) is 7.17. The lowest BCUT2D eigenvalue weighted by Gasteiger charge is -2.34.